The van der Waals surface area contributed by atoms with E-state index in [1.165, 1.54) is 27.8 Å². The maximum absolute atomic E-state index is 5.15. The number of fused-ring (bicyclic) bond motifs is 1. The standard InChI is InChI=1S/C14H15NO/c1-10-6-11-2-4-15-8-13(11)7-14(10)12-3-5-16-9-12/h3,5-7,9,15H,2,4,8H2,1H3. The normalized spacial score (nSPS) is 14.8. The van der Waals surface area contributed by atoms with Crippen LogP contribution in [0.1, 0.15) is 16.7 Å². The van der Waals surface area contributed by atoms with Crippen LogP contribution in [0.3, 0.4) is 0 Å². The molecule has 1 aliphatic heterocycles. The second-order valence-electron chi connectivity index (χ2n) is 4.37. The van der Waals surface area contributed by atoms with Gasteiger partial charge < -0.3 is 9.73 Å². The molecular weight excluding hydrogens is 198 g/mol. The fourth-order valence-electron chi connectivity index (χ4n) is 2.38. The van der Waals surface area contributed by atoms with E-state index < -0.39 is 0 Å². The largest absolute Gasteiger partial charge is 0.472 e. The van der Waals surface area contributed by atoms with Crippen molar-refractivity contribution in [3.63, 3.8) is 0 Å². The van der Waals surface area contributed by atoms with Crippen molar-refractivity contribution >= 4 is 0 Å². The average molecular weight is 213 g/mol. The van der Waals surface area contributed by atoms with Crippen molar-refractivity contribution in [2.75, 3.05) is 6.54 Å². The number of furan rings is 1. The van der Waals surface area contributed by atoms with Gasteiger partial charge in [0.05, 0.1) is 12.5 Å². The Morgan fingerprint density at radius 3 is 3.00 bits per heavy atom. The molecule has 0 spiro atoms. The fraction of sp³-hybridized carbons (Fsp3) is 0.286. The van der Waals surface area contributed by atoms with Crippen LogP contribution in [0.4, 0.5) is 0 Å². The van der Waals surface area contributed by atoms with E-state index in [-0.39, 0.29) is 0 Å². The third kappa shape index (κ3) is 1.55. The Kier molecular flexibility index (Phi) is 2.29. The van der Waals surface area contributed by atoms with Gasteiger partial charge in [-0.1, -0.05) is 6.07 Å². The summed E-state index contributed by atoms with van der Waals surface area (Å²) in [4.78, 5) is 0. The minimum atomic E-state index is 0.987. The molecule has 82 valence electrons. The van der Waals surface area contributed by atoms with Gasteiger partial charge in [0.2, 0.25) is 0 Å². The monoisotopic (exact) mass is 213 g/mol. The highest BCUT2D eigenvalue weighted by atomic mass is 16.3. The highest BCUT2D eigenvalue weighted by molar-refractivity contribution is 5.68. The molecule has 1 N–H and O–H groups in total. The van der Waals surface area contributed by atoms with Crippen LogP contribution >= 0.6 is 0 Å². The molecule has 2 heteroatoms. The summed E-state index contributed by atoms with van der Waals surface area (Å²) in [5.41, 5.74) is 6.71. The third-order valence-corrected chi connectivity index (χ3v) is 3.27. The number of benzene rings is 1. The minimum Gasteiger partial charge on any atom is -0.472 e. The van der Waals surface area contributed by atoms with E-state index in [9.17, 15) is 0 Å². The Hall–Kier alpha value is -1.54. The van der Waals surface area contributed by atoms with E-state index in [0.717, 1.165) is 19.5 Å². The van der Waals surface area contributed by atoms with E-state index in [2.05, 4.69) is 24.4 Å². The molecule has 2 nitrogen and oxygen atoms in total. The molecule has 1 aliphatic rings. The molecule has 16 heavy (non-hydrogen) atoms. The van der Waals surface area contributed by atoms with E-state index in [4.69, 9.17) is 4.42 Å². The van der Waals surface area contributed by atoms with E-state index >= 15 is 0 Å². The fourth-order valence-corrected chi connectivity index (χ4v) is 2.38. The molecule has 0 amide bonds. The first-order chi connectivity index (χ1) is 7.84. The molecule has 0 saturated carbocycles. The molecule has 3 rings (SSSR count). The van der Waals surface area contributed by atoms with Crippen molar-refractivity contribution in [1.29, 1.82) is 0 Å². The molecule has 0 aliphatic carbocycles. The first-order valence-corrected chi connectivity index (χ1v) is 5.70. The Balaban J connectivity index is 2.12. The Bertz CT molecular complexity index is 500. The lowest BCUT2D eigenvalue weighted by atomic mass is 9.93. The second kappa shape index (κ2) is 3.80. The van der Waals surface area contributed by atoms with Crippen molar-refractivity contribution in [1.82, 2.24) is 5.32 Å². The van der Waals surface area contributed by atoms with E-state index in [1.807, 2.05) is 12.3 Å². The molecule has 0 radical (unpaired) electrons. The van der Waals surface area contributed by atoms with Gasteiger partial charge in [0, 0.05) is 12.1 Å². The molecule has 2 aromatic rings. The first kappa shape index (κ1) is 9.67. The first-order valence-electron chi connectivity index (χ1n) is 5.70. The van der Waals surface area contributed by atoms with Gasteiger partial charge in [0.25, 0.3) is 0 Å². The molecule has 1 aromatic carbocycles. The molecule has 0 fully saturated rings. The summed E-state index contributed by atoms with van der Waals surface area (Å²) in [5.74, 6) is 0. The van der Waals surface area contributed by atoms with Crippen LogP contribution in [-0.4, -0.2) is 6.54 Å². The van der Waals surface area contributed by atoms with Gasteiger partial charge in [-0.05, 0) is 54.3 Å². The Morgan fingerprint density at radius 2 is 2.19 bits per heavy atom. The van der Waals surface area contributed by atoms with Gasteiger partial charge in [-0.2, -0.15) is 0 Å². The van der Waals surface area contributed by atoms with Gasteiger partial charge >= 0.3 is 0 Å². The molecule has 0 unspecified atom stereocenters. The van der Waals surface area contributed by atoms with Crippen LogP contribution in [-0.2, 0) is 13.0 Å². The number of hydrogen-bond donors (Lipinski definition) is 1. The summed E-state index contributed by atoms with van der Waals surface area (Å²) < 4.78 is 5.15. The van der Waals surface area contributed by atoms with E-state index in [0.29, 0.717) is 0 Å². The molecular formula is C14H15NO. The van der Waals surface area contributed by atoms with Gasteiger partial charge in [-0.3, -0.25) is 0 Å². The lowest BCUT2D eigenvalue weighted by molar-refractivity contribution is 0.568. The van der Waals surface area contributed by atoms with Crippen molar-refractivity contribution in [3.05, 3.63) is 47.4 Å². The van der Waals surface area contributed by atoms with Crippen molar-refractivity contribution < 1.29 is 4.42 Å². The molecule has 1 aromatic heterocycles. The summed E-state index contributed by atoms with van der Waals surface area (Å²) in [7, 11) is 0. The SMILES string of the molecule is Cc1cc2c(cc1-c1ccoc1)CNCC2. The number of hydrogen-bond acceptors (Lipinski definition) is 2. The van der Waals surface area contributed by atoms with Crippen molar-refractivity contribution in [2.45, 2.75) is 19.9 Å². The summed E-state index contributed by atoms with van der Waals surface area (Å²) in [5, 5.41) is 3.41. The molecule has 0 atom stereocenters. The number of aryl methyl sites for hydroxylation is 1. The predicted octanol–water partition coefficient (Wildman–Crippen LogP) is 2.90. The molecule has 0 saturated heterocycles. The zero-order valence-corrected chi connectivity index (χ0v) is 9.42. The lowest BCUT2D eigenvalue weighted by Gasteiger charge is -2.19. The highest BCUT2D eigenvalue weighted by Gasteiger charge is 2.12. The molecule has 2 heterocycles. The topological polar surface area (TPSA) is 25.2 Å². The summed E-state index contributed by atoms with van der Waals surface area (Å²) >= 11 is 0. The summed E-state index contributed by atoms with van der Waals surface area (Å²) in [6.07, 6.45) is 4.68. The molecule has 0 bridgehead atoms. The quantitative estimate of drug-likeness (QED) is 0.788. The van der Waals surface area contributed by atoms with Crippen LogP contribution in [0.15, 0.2) is 35.1 Å². The zero-order chi connectivity index (χ0) is 11.0. The van der Waals surface area contributed by atoms with Crippen LogP contribution in [0.5, 0.6) is 0 Å². The van der Waals surface area contributed by atoms with Crippen LogP contribution < -0.4 is 5.32 Å². The minimum absolute atomic E-state index is 0.987. The highest BCUT2D eigenvalue weighted by Crippen LogP contribution is 2.28. The number of nitrogens with one attached hydrogen (secondary N) is 1. The summed E-state index contributed by atoms with van der Waals surface area (Å²) in [6, 6.07) is 6.63. The average Bonchev–Trinajstić information content (AvgIpc) is 2.81. The maximum atomic E-state index is 5.15. The van der Waals surface area contributed by atoms with Crippen LogP contribution in [0.25, 0.3) is 11.1 Å². The van der Waals surface area contributed by atoms with E-state index in [1.54, 1.807) is 6.26 Å². The third-order valence-electron chi connectivity index (χ3n) is 3.27. The predicted molar refractivity (Wildman–Crippen MR) is 64.3 cm³/mol. The Labute approximate surface area is 95.3 Å². The second-order valence-corrected chi connectivity index (χ2v) is 4.37. The van der Waals surface area contributed by atoms with Gasteiger partial charge in [-0.25, -0.2) is 0 Å². The van der Waals surface area contributed by atoms with Gasteiger partial charge in [0.1, 0.15) is 0 Å². The van der Waals surface area contributed by atoms with Crippen LogP contribution in [0.2, 0.25) is 0 Å². The summed E-state index contributed by atoms with van der Waals surface area (Å²) in [6.45, 7) is 4.25. The van der Waals surface area contributed by atoms with Crippen LogP contribution in [0, 0.1) is 6.92 Å². The Morgan fingerprint density at radius 1 is 1.25 bits per heavy atom. The number of rotatable bonds is 1. The zero-order valence-electron chi connectivity index (χ0n) is 9.42. The van der Waals surface area contributed by atoms with Gasteiger partial charge in [-0.15, -0.1) is 0 Å². The smallest absolute Gasteiger partial charge is 0.0981 e. The van der Waals surface area contributed by atoms with Crippen molar-refractivity contribution in [2.24, 2.45) is 0 Å². The lowest BCUT2D eigenvalue weighted by Crippen LogP contribution is -2.23. The van der Waals surface area contributed by atoms with Gasteiger partial charge in [0.15, 0.2) is 0 Å². The van der Waals surface area contributed by atoms with Crippen molar-refractivity contribution in [3.8, 4) is 11.1 Å². The maximum Gasteiger partial charge on any atom is 0.0981 e.